The van der Waals surface area contributed by atoms with E-state index in [1.54, 1.807) is 0 Å². The molecule has 0 unspecified atom stereocenters. The quantitative estimate of drug-likeness (QED) is 0.281. The van der Waals surface area contributed by atoms with Crippen LogP contribution < -0.4 is 10.1 Å². The first-order valence-corrected chi connectivity index (χ1v) is 12.4. The van der Waals surface area contributed by atoms with Crippen LogP contribution in [-0.2, 0) is 24.2 Å². The Morgan fingerprint density at radius 1 is 1.38 bits per heavy atom. The Bertz CT molecular complexity index is 1030. The number of carbonyl (C=O) groups is 1. The summed E-state index contributed by atoms with van der Waals surface area (Å²) in [5.74, 6) is -0.578. The Labute approximate surface area is 190 Å². The molecule has 0 bridgehead atoms. The average Bonchev–Trinajstić information content (AvgIpc) is 3.47. The van der Waals surface area contributed by atoms with Crippen molar-refractivity contribution in [2.24, 2.45) is 5.16 Å². The van der Waals surface area contributed by atoms with Gasteiger partial charge in [0.2, 0.25) is 0 Å². The Morgan fingerprint density at radius 2 is 2.16 bits per heavy atom. The van der Waals surface area contributed by atoms with Gasteiger partial charge in [-0.05, 0) is 25.5 Å². The monoisotopic (exact) mass is 483 g/mol. The number of aliphatic hydroxyl groups excluding tert-OH is 1. The molecule has 2 aromatic rings. The number of hydrogen-bond donors (Lipinski definition) is 2. The van der Waals surface area contributed by atoms with Gasteiger partial charge in [-0.2, -0.15) is 0 Å². The maximum atomic E-state index is 12.9. The van der Waals surface area contributed by atoms with Crippen LogP contribution in [0.2, 0.25) is 0 Å². The number of benzene rings is 1. The van der Waals surface area contributed by atoms with Gasteiger partial charge in [0.25, 0.3) is 5.91 Å². The van der Waals surface area contributed by atoms with Crippen molar-refractivity contribution in [2.45, 2.75) is 29.9 Å². The van der Waals surface area contributed by atoms with E-state index in [1.807, 2.05) is 6.92 Å². The highest BCUT2D eigenvalue weighted by Gasteiger charge is 2.31. The summed E-state index contributed by atoms with van der Waals surface area (Å²) in [6.07, 6.45) is 2.31. The number of thiazole rings is 1. The van der Waals surface area contributed by atoms with Gasteiger partial charge in [0, 0.05) is 25.2 Å². The normalized spacial score (nSPS) is 16.7. The molecule has 10 nitrogen and oxygen atoms in total. The lowest BCUT2D eigenvalue weighted by Crippen LogP contribution is -2.25. The lowest BCUT2D eigenvalue weighted by atomic mass is 10.1. The summed E-state index contributed by atoms with van der Waals surface area (Å²) in [6, 6.07) is 5.89. The molecule has 1 aliphatic rings. The van der Waals surface area contributed by atoms with Crippen LogP contribution in [-0.4, -0.2) is 68.4 Å². The highest BCUT2D eigenvalue weighted by atomic mass is 32.2. The second-order valence-corrected chi connectivity index (χ2v) is 10.00. The minimum Gasteiger partial charge on any atom is -0.483 e. The number of anilines is 1. The lowest BCUT2D eigenvalue weighted by Gasteiger charge is -2.11. The molecule has 0 aliphatic carbocycles. The van der Waals surface area contributed by atoms with Crippen molar-refractivity contribution < 1.29 is 32.6 Å². The zero-order chi connectivity index (χ0) is 23.0. The molecule has 1 aliphatic heterocycles. The van der Waals surface area contributed by atoms with Crippen LogP contribution in [0.1, 0.15) is 25.3 Å². The minimum atomic E-state index is -3.52. The molecule has 1 saturated heterocycles. The van der Waals surface area contributed by atoms with Crippen LogP contribution in [0.4, 0.5) is 5.13 Å². The highest BCUT2D eigenvalue weighted by Crippen LogP contribution is 2.26. The van der Waals surface area contributed by atoms with Gasteiger partial charge >= 0.3 is 0 Å². The summed E-state index contributed by atoms with van der Waals surface area (Å²) in [7, 11) is -3.52. The van der Waals surface area contributed by atoms with Gasteiger partial charge in [-0.25, -0.2) is 13.4 Å². The number of carbonyl (C=O) groups excluding carboxylic acids is 1. The van der Waals surface area contributed by atoms with E-state index in [0.29, 0.717) is 41.8 Å². The molecular weight excluding hydrogens is 458 g/mol. The van der Waals surface area contributed by atoms with Crippen LogP contribution in [0.3, 0.4) is 0 Å². The van der Waals surface area contributed by atoms with Crippen LogP contribution in [0.5, 0.6) is 5.06 Å². The summed E-state index contributed by atoms with van der Waals surface area (Å²) in [6.45, 7) is 2.96. The average molecular weight is 484 g/mol. The third-order valence-electron chi connectivity index (χ3n) is 4.54. The van der Waals surface area contributed by atoms with Crippen molar-refractivity contribution in [2.75, 3.05) is 38.4 Å². The fourth-order valence-electron chi connectivity index (χ4n) is 2.90. The molecule has 1 fully saturated rings. The standard InChI is InChI=1S/C20H25N3O7S2/c1-2-29-17-12-21-20(31-17)22-19(25)18(23-30-10-3-9-24)14-4-6-15(7-5-14)32(26,27)16-8-11-28-13-16/h4-7,12,16,24H,2-3,8-11,13H2,1H3,(H,21,22,25)/t16-/m0/s1. The summed E-state index contributed by atoms with van der Waals surface area (Å²) in [5, 5.41) is 15.8. The van der Waals surface area contributed by atoms with Gasteiger partial charge in [-0.15, -0.1) is 0 Å². The van der Waals surface area contributed by atoms with Gasteiger partial charge < -0.3 is 19.4 Å². The van der Waals surface area contributed by atoms with Gasteiger partial charge in [0.05, 0.1) is 29.6 Å². The number of aromatic nitrogens is 1. The number of ether oxygens (including phenoxy) is 2. The van der Waals surface area contributed by atoms with E-state index in [2.05, 4.69) is 15.5 Å². The van der Waals surface area contributed by atoms with E-state index >= 15 is 0 Å². The van der Waals surface area contributed by atoms with Crippen molar-refractivity contribution >= 4 is 37.9 Å². The predicted molar refractivity (Wildman–Crippen MR) is 119 cm³/mol. The molecule has 1 aromatic heterocycles. The van der Waals surface area contributed by atoms with Gasteiger partial charge in [-0.1, -0.05) is 28.6 Å². The second-order valence-electron chi connectivity index (χ2n) is 6.78. The molecule has 32 heavy (non-hydrogen) atoms. The van der Waals surface area contributed by atoms with Gasteiger partial charge in [-0.3, -0.25) is 10.1 Å². The zero-order valence-corrected chi connectivity index (χ0v) is 19.2. The number of nitrogens with one attached hydrogen (secondary N) is 1. The van der Waals surface area contributed by atoms with Crippen LogP contribution in [0, 0.1) is 0 Å². The molecule has 1 aromatic carbocycles. The van der Waals surface area contributed by atoms with E-state index in [4.69, 9.17) is 19.4 Å². The van der Waals surface area contributed by atoms with Gasteiger partial charge in [0.1, 0.15) is 6.61 Å². The molecule has 2 heterocycles. The molecule has 0 radical (unpaired) electrons. The third kappa shape index (κ3) is 6.03. The van der Waals surface area contributed by atoms with E-state index < -0.39 is 21.0 Å². The second kappa shape index (κ2) is 11.4. The maximum absolute atomic E-state index is 12.9. The Kier molecular flexibility index (Phi) is 8.56. The molecule has 0 saturated carbocycles. The minimum absolute atomic E-state index is 0.0516. The van der Waals surface area contributed by atoms with Crippen LogP contribution in [0.25, 0.3) is 0 Å². The fourth-order valence-corrected chi connectivity index (χ4v) is 5.20. The third-order valence-corrected chi connectivity index (χ3v) is 7.54. The number of oxime groups is 1. The number of nitrogens with zero attached hydrogens (tertiary/aromatic N) is 2. The molecule has 174 valence electrons. The van der Waals surface area contributed by atoms with Crippen molar-refractivity contribution in [1.82, 2.24) is 4.98 Å². The van der Waals surface area contributed by atoms with Crippen molar-refractivity contribution in [3.63, 3.8) is 0 Å². The first-order valence-electron chi connectivity index (χ1n) is 10.1. The Balaban J connectivity index is 1.80. The molecule has 2 N–H and O–H groups in total. The summed E-state index contributed by atoms with van der Waals surface area (Å²) < 4.78 is 36.0. The van der Waals surface area contributed by atoms with E-state index in [1.165, 1.54) is 30.5 Å². The molecule has 1 amide bonds. The fraction of sp³-hybridized carbons (Fsp3) is 0.450. The summed E-state index contributed by atoms with van der Waals surface area (Å²) in [4.78, 5) is 22.3. The first kappa shape index (κ1) is 24.1. The number of amides is 1. The number of rotatable bonds is 11. The van der Waals surface area contributed by atoms with E-state index in [9.17, 15) is 13.2 Å². The van der Waals surface area contributed by atoms with E-state index in [0.717, 1.165) is 11.3 Å². The molecule has 1 atom stereocenters. The number of hydrogen-bond acceptors (Lipinski definition) is 10. The summed E-state index contributed by atoms with van der Waals surface area (Å²) >= 11 is 1.16. The topological polar surface area (TPSA) is 136 Å². The molecular formula is C20H25N3O7S2. The number of sulfone groups is 1. The lowest BCUT2D eigenvalue weighted by molar-refractivity contribution is -0.110. The van der Waals surface area contributed by atoms with Gasteiger partial charge in [0.15, 0.2) is 25.7 Å². The van der Waals surface area contributed by atoms with Crippen molar-refractivity contribution in [3.8, 4) is 5.06 Å². The van der Waals surface area contributed by atoms with Crippen molar-refractivity contribution in [3.05, 3.63) is 36.0 Å². The van der Waals surface area contributed by atoms with E-state index in [-0.39, 0.29) is 30.4 Å². The highest BCUT2D eigenvalue weighted by molar-refractivity contribution is 7.92. The van der Waals surface area contributed by atoms with Crippen molar-refractivity contribution in [1.29, 1.82) is 0 Å². The predicted octanol–water partition coefficient (Wildman–Crippen LogP) is 1.85. The zero-order valence-electron chi connectivity index (χ0n) is 17.5. The van der Waals surface area contributed by atoms with Crippen LogP contribution in [0.15, 0.2) is 40.5 Å². The maximum Gasteiger partial charge on any atom is 0.280 e. The molecule has 0 spiro atoms. The first-order chi connectivity index (χ1) is 15.5. The smallest absolute Gasteiger partial charge is 0.280 e. The molecule has 12 heteroatoms. The Hall–Kier alpha value is -2.54. The summed E-state index contributed by atoms with van der Waals surface area (Å²) in [5.41, 5.74) is 0.318. The molecule has 3 rings (SSSR count). The SMILES string of the molecule is CCOc1cnc(NC(=O)C(=NOCCCO)c2ccc(S(=O)(=O)[C@H]3CCOC3)cc2)s1. The van der Waals surface area contributed by atoms with Crippen LogP contribution >= 0.6 is 11.3 Å². The Morgan fingerprint density at radius 3 is 2.81 bits per heavy atom. The largest absolute Gasteiger partial charge is 0.483 e. The number of aliphatic hydroxyl groups is 1.